The number of hydrogen-bond acceptors (Lipinski definition) is 1. The minimum Gasteiger partial charge on any atom is -0.352 e. The molecule has 2 nitrogen and oxygen atoms in total. The Labute approximate surface area is 126 Å². The first-order chi connectivity index (χ1) is 10.3. The summed E-state index contributed by atoms with van der Waals surface area (Å²) in [5, 5.41) is 3.00. The van der Waals surface area contributed by atoms with Crippen molar-refractivity contribution >= 4 is 17.6 Å². The summed E-state index contributed by atoms with van der Waals surface area (Å²) in [5.41, 5.74) is 2.68. The van der Waals surface area contributed by atoms with Gasteiger partial charge in [0.2, 0.25) is 0 Å². The monoisotopic (exact) mass is 279 g/mol. The maximum atomic E-state index is 12.4. The number of unbranched alkanes of at least 4 members (excludes halogenated alkanes) is 1. The van der Waals surface area contributed by atoms with Gasteiger partial charge in [-0.1, -0.05) is 74.0 Å². The molecule has 0 aliphatic carbocycles. The van der Waals surface area contributed by atoms with Crippen molar-refractivity contribution in [1.29, 1.82) is 0 Å². The van der Waals surface area contributed by atoms with Gasteiger partial charge >= 0.3 is 0 Å². The fourth-order valence-corrected chi connectivity index (χ4v) is 2.09. The number of rotatable bonds is 6. The summed E-state index contributed by atoms with van der Waals surface area (Å²) in [6.45, 7) is 2.83. The summed E-state index contributed by atoms with van der Waals surface area (Å²) in [5.74, 6) is -0.0153. The van der Waals surface area contributed by atoms with Crippen LogP contribution in [-0.2, 0) is 4.79 Å². The highest BCUT2D eigenvalue weighted by atomic mass is 16.1. The summed E-state index contributed by atoms with van der Waals surface area (Å²) >= 11 is 0. The average molecular weight is 279 g/mol. The largest absolute Gasteiger partial charge is 0.352 e. The van der Waals surface area contributed by atoms with Gasteiger partial charge in [0.15, 0.2) is 0 Å². The zero-order chi connectivity index (χ0) is 14.9. The Morgan fingerprint density at radius 3 is 2.24 bits per heavy atom. The van der Waals surface area contributed by atoms with E-state index in [1.54, 1.807) is 0 Å². The lowest BCUT2D eigenvalue weighted by atomic mass is 10.0. The van der Waals surface area contributed by atoms with Crippen molar-refractivity contribution in [3.05, 3.63) is 71.8 Å². The molecule has 2 rings (SSSR count). The normalized spacial score (nSPS) is 11.2. The fraction of sp³-hybridized carbons (Fsp3) is 0.211. The van der Waals surface area contributed by atoms with E-state index in [9.17, 15) is 4.79 Å². The van der Waals surface area contributed by atoms with Gasteiger partial charge in [-0.2, -0.15) is 0 Å². The molecule has 2 aromatic carbocycles. The molecule has 0 spiro atoms. The molecule has 0 saturated carbocycles. The third-order valence-corrected chi connectivity index (χ3v) is 3.26. The van der Waals surface area contributed by atoms with Crippen LogP contribution in [0.1, 0.15) is 30.9 Å². The molecule has 0 aliphatic rings. The molecule has 1 amide bonds. The molecule has 0 atom stereocenters. The van der Waals surface area contributed by atoms with Gasteiger partial charge in [0.1, 0.15) is 0 Å². The quantitative estimate of drug-likeness (QED) is 0.480. The van der Waals surface area contributed by atoms with Gasteiger partial charge < -0.3 is 5.32 Å². The van der Waals surface area contributed by atoms with E-state index in [4.69, 9.17) is 0 Å². The Bertz CT molecular complexity index is 587. The standard InChI is InChI=1S/C19H21NO/c1-2-3-14-20-19(21)18(17-12-8-5-9-13-17)15-16-10-6-4-7-11-16/h4-13,15H,2-3,14H2,1H3,(H,20,21). The average Bonchev–Trinajstić information content (AvgIpc) is 2.54. The van der Waals surface area contributed by atoms with Gasteiger partial charge in [0.05, 0.1) is 0 Å². The topological polar surface area (TPSA) is 29.1 Å². The molecule has 2 aromatic rings. The maximum absolute atomic E-state index is 12.4. The van der Waals surface area contributed by atoms with Crippen molar-refractivity contribution < 1.29 is 4.79 Å². The zero-order valence-corrected chi connectivity index (χ0v) is 12.4. The molecule has 0 unspecified atom stereocenters. The SMILES string of the molecule is CCCCNC(=O)C(=Cc1ccccc1)c1ccccc1. The second-order valence-corrected chi connectivity index (χ2v) is 4.94. The Hall–Kier alpha value is -2.35. The lowest BCUT2D eigenvalue weighted by Gasteiger charge is -2.09. The van der Waals surface area contributed by atoms with Crippen molar-refractivity contribution in [2.75, 3.05) is 6.54 Å². The van der Waals surface area contributed by atoms with Gasteiger partial charge in [-0.05, 0) is 23.6 Å². The minimum atomic E-state index is -0.0153. The molecular formula is C19H21NO. The van der Waals surface area contributed by atoms with Crippen molar-refractivity contribution in [3.8, 4) is 0 Å². The molecular weight excluding hydrogens is 258 g/mol. The van der Waals surface area contributed by atoms with Crippen LogP contribution in [0.25, 0.3) is 11.6 Å². The van der Waals surface area contributed by atoms with E-state index >= 15 is 0 Å². The van der Waals surface area contributed by atoms with E-state index in [-0.39, 0.29) is 5.91 Å². The Morgan fingerprint density at radius 1 is 1.00 bits per heavy atom. The van der Waals surface area contributed by atoms with Crippen LogP contribution in [0.2, 0.25) is 0 Å². The van der Waals surface area contributed by atoms with E-state index in [0.29, 0.717) is 12.1 Å². The van der Waals surface area contributed by atoms with Crippen LogP contribution in [0.4, 0.5) is 0 Å². The molecule has 0 aromatic heterocycles. The van der Waals surface area contributed by atoms with Crippen molar-refractivity contribution in [1.82, 2.24) is 5.32 Å². The Balaban J connectivity index is 2.27. The van der Waals surface area contributed by atoms with Crippen molar-refractivity contribution in [2.24, 2.45) is 0 Å². The number of carbonyl (C=O) groups is 1. The smallest absolute Gasteiger partial charge is 0.251 e. The van der Waals surface area contributed by atoms with Crippen LogP contribution < -0.4 is 5.32 Å². The summed E-state index contributed by atoms with van der Waals surface area (Å²) in [4.78, 5) is 12.4. The van der Waals surface area contributed by atoms with E-state index in [1.165, 1.54) is 0 Å². The molecule has 0 saturated heterocycles. The fourth-order valence-electron chi connectivity index (χ4n) is 2.09. The third-order valence-electron chi connectivity index (χ3n) is 3.26. The lowest BCUT2D eigenvalue weighted by molar-refractivity contribution is -0.115. The number of benzene rings is 2. The molecule has 0 aliphatic heterocycles. The van der Waals surface area contributed by atoms with E-state index in [1.807, 2.05) is 66.7 Å². The van der Waals surface area contributed by atoms with Crippen LogP contribution >= 0.6 is 0 Å². The summed E-state index contributed by atoms with van der Waals surface area (Å²) in [6.07, 6.45) is 4.01. The van der Waals surface area contributed by atoms with E-state index in [0.717, 1.165) is 24.0 Å². The van der Waals surface area contributed by atoms with Crippen LogP contribution in [0.3, 0.4) is 0 Å². The Kier molecular flexibility index (Phi) is 5.77. The van der Waals surface area contributed by atoms with Crippen molar-refractivity contribution in [3.63, 3.8) is 0 Å². The lowest BCUT2D eigenvalue weighted by Crippen LogP contribution is -2.25. The minimum absolute atomic E-state index is 0.0153. The number of carbonyl (C=O) groups excluding carboxylic acids is 1. The highest BCUT2D eigenvalue weighted by molar-refractivity contribution is 6.24. The van der Waals surface area contributed by atoms with Crippen LogP contribution in [-0.4, -0.2) is 12.5 Å². The number of hydrogen-bond donors (Lipinski definition) is 1. The van der Waals surface area contributed by atoms with Crippen molar-refractivity contribution in [2.45, 2.75) is 19.8 Å². The Morgan fingerprint density at radius 2 is 1.62 bits per heavy atom. The molecule has 108 valence electrons. The number of amides is 1. The third kappa shape index (κ3) is 4.60. The van der Waals surface area contributed by atoms with E-state index in [2.05, 4.69) is 12.2 Å². The predicted molar refractivity (Wildman–Crippen MR) is 88.7 cm³/mol. The van der Waals surface area contributed by atoms with Crippen LogP contribution in [0.5, 0.6) is 0 Å². The van der Waals surface area contributed by atoms with Gasteiger partial charge in [-0.15, -0.1) is 0 Å². The first-order valence-corrected chi connectivity index (χ1v) is 7.41. The van der Waals surface area contributed by atoms with Crippen LogP contribution in [0, 0.1) is 0 Å². The zero-order valence-electron chi connectivity index (χ0n) is 12.4. The molecule has 0 radical (unpaired) electrons. The van der Waals surface area contributed by atoms with Gasteiger partial charge in [-0.25, -0.2) is 0 Å². The summed E-state index contributed by atoms with van der Waals surface area (Å²) < 4.78 is 0. The van der Waals surface area contributed by atoms with Gasteiger partial charge in [-0.3, -0.25) is 4.79 Å². The first-order valence-electron chi connectivity index (χ1n) is 7.41. The second-order valence-electron chi connectivity index (χ2n) is 4.94. The molecule has 21 heavy (non-hydrogen) atoms. The van der Waals surface area contributed by atoms with Gasteiger partial charge in [0, 0.05) is 12.1 Å². The predicted octanol–water partition coefficient (Wildman–Crippen LogP) is 4.14. The highest BCUT2D eigenvalue weighted by Gasteiger charge is 2.11. The van der Waals surface area contributed by atoms with Gasteiger partial charge in [0.25, 0.3) is 5.91 Å². The van der Waals surface area contributed by atoms with E-state index < -0.39 is 0 Å². The molecule has 0 heterocycles. The first kappa shape index (κ1) is 15.0. The highest BCUT2D eigenvalue weighted by Crippen LogP contribution is 2.18. The second kappa shape index (κ2) is 8.05. The molecule has 1 N–H and O–H groups in total. The summed E-state index contributed by atoms with van der Waals surface area (Å²) in [6, 6.07) is 19.7. The molecule has 0 fully saturated rings. The molecule has 2 heteroatoms. The maximum Gasteiger partial charge on any atom is 0.251 e. The number of nitrogens with one attached hydrogen (secondary N) is 1. The summed E-state index contributed by atoms with van der Waals surface area (Å²) in [7, 11) is 0. The molecule has 0 bridgehead atoms. The van der Waals surface area contributed by atoms with Crippen LogP contribution in [0.15, 0.2) is 60.7 Å².